The second-order valence-corrected chi connectivity index (χ2v) is 8.13. The number of likely N-dealkylation sites (tertiary alicyclic amines) is 1. The van der Waals surface area contributed by atoms with E-state index in [1.807, 2.05) is 48.1 Å². The van der Waals surface area contributed by atoms with Crippen LogP contribution in [0, 0.1) is 6.92 Å². The van der Waals surface area contributed by atoms with Crippen LogP contribution >= 0.6 is 0 Å². The Morgan fingerprint density at radius 1 is 1.03 bits per heavy atom. The normalized spacial score (nSPS) is 15.6. The Kier molecular flexibility index (Phi) is 4.93. The van der Waals surface area contributed by atoms with Crippen LogP contribution in [0.2, 0.25) is 0 Å². The lowest BCUT2D eigenvalue weighted by molar-refractivity contribution is 0.202. The molecule has 6 nitrogen and oxygen atoms in total. The van der Waals surface area contributed by atoms with Crippen molar-refractivity contribution in [3.63, 3.8) is 0 Å². The number of fused-ring (bicyclic) bond motifs is 1. The molecule has 1 aliphatic heterocycles. The van der Waals surface area contributed by atoms with Gasteiger partial charge in [0.05, 0.1) is 23.1 Å². The number of aryl methyl sites for hydroxylation is 1. The number of benzene rings is 2. The number of hydrogen-bond acceptors (Lipinski definition) is 5. The summed E-state index contributed by atoms with van der Waals surface area (Å²) in [7, 11) is 0. The highest BCUT2D eigenvalue weighted by molar-refractivity contribution is 5.80. The van der Waals surface area contributed by atoms with E-state index in [-0.39, 0.29) is 0 Å². The lowest BCUT2D eigenvalue weighted by Crippen LogP contribution is -2.32. The molecule has 0 aliphatic carbocycles. The highest BCUT2D eigenvalue weighted by Crippen LogP contribution is 2.30. The molecule has 0 bridgehead atoms. The van der Waals surface area contributed by atoms with Crippen molar-refractivity contribution in [3.05, 3.63) is 77.7 Å². The molecule has 6 heteroatoms. The first kappa shape index (κ1) is 18.8. The predicted octanol–water partition coefficient (Wildman–Crippen LogP) is 4.21. The molecule has 2 aromatic heterocycles. The first-order valence-electron chi connectivity index (χ1n) is 10.4. The van der Waals surface area contributed by atoms with Crippen molar-refractivity contribution in [1.82, 2.24) is 24.9 Å². The number of rotatable bonds is 4. The fraction of sp³-hybridized carbons (Fsp3) is 0.292. The van der Waals surface area contributed by atoms with Gasteiger partial charge in [-0.1, -0.05) is 23.4 Å². The highest BCUT2D eigenvalue weighted by atomic mass is 16.3. The second kappa shape index (κ2) is 7.88. The SMILES string of the molecule is Cc1ccc2cc(-n3cc(CN4CCC(c5cccc(O)c5)CC4)nn3)ccc2n1. The molecule has 2 aromatic carbocycles. The molecular weight excluding hydrogens is 374 g/mol. The summed E-state index contributed by atoms with van der Waals surface area (Å²) in [6.07, 6.45) is 4.20. The molecule has 30 heavy (non-hydrogen) atoms. The summed E-state index contributed by atoms with van der Waals surface area (Å²) in [6, 6.07) is 18.0. The number of aromatic hydroxyl groups is 1. The summed E-state index contributed by atoms with van der Waals surface area (Å²) in [5.41, 5.74) is 5.23. The van der Waals surface area contributed by atoms with Crippen LogP contribution in [0.15, 0.2) is 60.8 Å². The van der Waals surface area contributed by atoms with Gasteiger partial charge in [0.15, 0.2) is 0 Å². The zero-order valence-electron chi connectivity index (χ0n) is 17.1. The molecule has 5 rings (SSSR count). The van der Waals surface area contributed by atoms with Crippen molar-refractivity contribution in [3.8, 4) is 11.4 Å². The Bertz CT molecular complexity index is 1180. The fourth-order valence-corrected chi connectivity index (χ4v) is 4.29. The Morgan fingerprint density at radius 3 is 2.73 bits per heavy atom. The van der Waals surface area contributed by atoms with Crippen LogP contribution in [0.4, 0.5) is 0 Å². The van der Waals surface area contributed by atoms with Crippen LogP contribution in [-0.4, -0.2) is 43.1 Å². The number of piperidine rings is 1. The lowest BCUT2D eigenvalue weighted by atomic mass is 9.89. The molecule has 1 N–H and O–H groups in total. The van der Waals surface area contributed by atoms with Crippen molar-refractivity contribution in [2.45, 2.75) is 32.2 Å². The van der Waals surface area contributed by atoms with Crippen molar-refractivity contribution >= 4 is 10.9 Å². The topological polar surface area (TPSA) is 67.1 Å². The largest absolute Gasteiger partial charge is 0.508 e. The van der Waals surface area contributed by atoms with E-state index in [0.717, 1.165) is 60.5 Å². The molecule has 0 unspecified atom stereocenters. The Balaban J connectivity index is 1.24. The molecule has 1 saturated heterocycles. The monoisotopic (exact) mass is 399 g/mol. The Morgan fingerprint density at radius 2 is 1.90 bits per heavy atom. The van der Waals surface area contributed by atoms with E-state index < -0.39 is 0 Å². The minimum absolute atomic E-state index is 0.353. The maximum atomic E-state index is 9.73. The number of hydrogen-bond donors (Lipinski definition) is 1. The third-order valence-electron chi connectivity index (χ3n) is 5.93. The lowest BCUT2D eigenvalue weighted by Gasteiger charge is -2.31. The molecule has 0 spiro atoms. The summed E-state index contributed by atoms with van der Waals surface area (Å²) in [5, 5.41) is 19.6. The molecule has 0 amide bonds. The number of aromatic nitrogens is 4. The quantitative estimate of drug-likeness (QED) is 0.557. The smallest absolute Gasteiger partial charge is 0.115 e. The van der Waals surface area contributed by atoms with Crippen LogP contribution in [0.3, 0.4) is 0 Å². The summed E-state index contributed by atoms with van der Waals surface area (Å²) in [5.74, 6) is 0.866. The summed E-state index contributed by atoms with van der Waals surface area (Å²) >= 11 is 0. The molecule has 1 fully saturated rings. The molecule has 1 aliphatic rings. The van der Waals surface area contributed by atoms with E-state index in [1.165, 1.54) is 5.56 Å². The van der Waals surface area contributed by atoms with E-state index in [1.54, 1.807) is 6.07 Å². The second-order valence-electron chi connectivity index (χ2n) is 8.13. The van der Waals surface area contributed by atoms with Crippen molar-refractivity contribution in [1.29, 1.82) is 0 Å². The molecule has 3 heterocycles. The number of phenols is 1. The van der Waals surface area contributed by atoms with Gasteiger partial charge in [-0.25, -0.2) is 4.68 Å². The molecule has 0 radical (unpaired) electrons. The van der Waals surface area contributed by atoms with Gasteiger partial charge in [0.2, 0.25) is 0 Å². The average Bonchev–Trinajstić information content (AvgIpc) is 3.22. The van der Waals surface area contributed by atoms with Gasteiger partial charge in [0.25, 0.3) is 0 Å². The van der Waals surface area contributed by atoms with E-state index in [9.17, 15) is 5.11 Å². The first-order chi connectivity index (χ1) is 14.6. The molecule has 4 aromatic rings. The van der Waals surface area contributed by atoms with E-state index in [0.29, 0.717) is 11.7 Å². The van der Waals surface area contributed by atoms with Crippen LogP contribution < -0.4 is 0 Å². The first-order valence-corrected chi connectivity index (χ1v) is 10.4. The van der Waals surface area contributed by atoms with Crippen LogP contribution in [0.25, 0.3) is 16.6 Å². The Labute approximate surface area is 175 Å². The summed E-state index contributed by atoms with van der Waals surface area (Å²) in [4.78, 5) is 6.99. The van der Waals surface area contributed by atoms with E-state index >= 15 is 0 Å². The van der Waals surface area contributed by atoms with Crippen molar-refractivity contribution < 1.29 is 5.11 Å². The van der Waals surface area contributed by atoms with Crippen molar-refractivity contribution in [2.24, 2.45) is 0 Å². The maximum absolute atomic E-state index is 9.73. The van der Waals surface area contributed by atoms with Gasteiger partial charge in [0, 0.05) is 17.6 Å². The standard InChI is InChI=1S/C24H25N5O/c1-17-5-6-20-13-22(7-8-24(20)25-17)29-16-21(26-27-29)15-28-11-9-18(10-12-28)19-3-2-4-23(30)14-19/h2-8,13-14,16,18,30H,9-12,15H2,1H3. The van der Waals surface area contributed by atoms with Crippen LogP contribution in [-0.2, 0) is 6.54 Å². The van der Waals surface area contributed by atoms with Gasteiger partial charge < -0.3 is 5.11 Å². The van der Waals surface area contributed by atoms with Crippen LogP contribution in [0.5, 0.6) is 5.75 Å². The average molecular weight is 399 g/mol. The van der Waals surface area contributed by atoms with Gasteiger partial charge >= 0.3 is 0 Å². The number of pyridine rings is 1. The van der Waals surface area contributed by atoms with Gasteiger partial charge in [-0.2, -0.15) is 0 Å². The third kappa shape index (κ3) is 3.91. The number of nitrogens with zero attached hydrogens (tertiary/aromatic N) is 5. The third-order valence-corrected chi connectivity index (χ3v) is 5.93. The Hall–Kier alpha value is -3.25. The fourth-order valence-electron chi connectivity index (χ4n) is 4.29. The zero-order chi connectivity index (χ0) is 20.5. The van der Waals surface area contributed by atoms with Crippen LogP contribution in [0.1, 0.15) is 35.7 Å². The minimum Gasteiger partial charge on any atom is -0.508 e. The van der Waals surface area contributed by atoms with Gasteiger partial charge in [-0.05, 0) is 80.7 Å². The zero-order valence-corrected chi connectivity index (χ0v) is 17.1. The highest BCUT2D eigenvalue weighted by Gasteiger charge is 2.21. The van der Waals surface area contributed by atoms with E-state index in [4.69, 9.17) is 0 Å². The summed E-state index contributed by atoms with van der Waals surface area (Å²) < 4.78 is 1.84. The molecule has 0 saturated carbocycles. The molecule has 152 valence electrons. The van der Waals surface area contributed by atoms with Gasteiger partial charge in [-0.3, -0.25) is 9.88 Å². The van der Waals surface area contributed by atoms with E-state index in [2.05, 4.69) is 38.4 Å². The maximum Gasteiger partial charge on any atom is 0.115 e. The summed E-state index contributed by atoms with van der Waals surface area (Å²) in [6.45, 7) is 4.85. The predicted molar refractivity (Wildman–Crippen MR) is 117 cm³/mol. The van der Waals surface area contributed by atoms with Gasteiger partial charge in [0.1, 0.15) is 5.75 Å². The van der Waals surface area contributed by atoms with Crippen molar-refractivity contribution in [2.75, 3.05) is 13.1 Å². The van der Waals surface area contributed by atoms with Gasteiger partial charge in [-0.15, -0.1) is 5.10 Å². The number of phenolic OH excluding ortho intramolecular Hbond substituents is 1. The molecular formula is C24H25N5O. The molecule has 0 atom stereocenters. The minimum atomic E-state index is 0.353.